The number of nitrogens with one attached hydrogen (secondary N) is 1. The van der Waals surface area contributed by atoms with Gasteiger partial charge in [0.15, 0.2) is 0 Å². The average Bonchev–Trinajstić information content (AvgIpc) is 2.78. The van der Waals surface area contributed by atoms with Gasteiger partial charge in [0.1, 0.15) is 4.90 Å². The number of hydrogen-bond acceptors (Lipinski definition) is 4. The van der Waals surface area contributed by atoms with Crippen LogP contribution in [0, 0.1) is 0 Å². The lowest BCUT2D eigenvalue weighted by molar-refractivity contribution is 0.462. The Morgan fingerprint density at radius 3 is 2.85 bits per heavy atom. The van der Waals surface area contributed by atoms with E-state index >= 15 is 0 Å². The van der Waals surface area contributed by atoms with Gasteiger partial charge in [0.2, 0.25) is 10.0 Å². The third kappa shape index (κ3) is 4.66. The summed E-state index contributed by atoms with van der Waals surface area (Å²) in [6, 6.07) is 1.75. The van der Waals surface area contributed by atoms with E-state index in [4.69, 9.17) is 0 Å². The Morgan fingerprint density at radius 1 is 1.55 bits per heavy atom. The highest BCUT2D eigenvalue weighted by molar-refractivity contribution is 9.11. The Labute approximate surface area is 134 Å². The van der Waals surface area contributed by atoms with Crippen molar-refractivity contribution in [3.05, 3.63) is 27.4 Å². The van der Waals surface area contributed by atoms with Crippen LogP contribution in [0.25, 0.3) is 0 Å². The Hall–Kier alpha value is -0.210. The minimum absolute atomic E-state index is 0.358. The molecule has 7 heteroatoms. The van der Waals surface area contributed by atoms with Gasteiger partial charge in [-0.25, -0.2) is 12.7 Å². The molecular weight excluding hydrogens is 360 g/mol. The molecule has 0 spiro atoms. The van der Waals surface area contributed by atoms with Gasteiger partial charge in [-0.1, -0.05) is 13.0 Å². The first-order valence-corrected chi connectivity index (χ1v) is 9.54. The summed E-state index contributed by atoms with van der Waals surface area (Å²) in [6.07, 6.45) is 3.40. The lowest BCUT2D eigenvalue weighted by Gasteiger charge is -2.16. The predicted molar refractivity (Wildman–Crippen MR) is 88.6 cm³/mol. The van der Waals surface area contributed by atoms with Crippen molar-refractivity contribution < 1.29 is 8.42 Å². The quantitative estimate of drug-likeness (QED) is 0.528. The van der Waals surface area contributed by atoms with Crippen molar-refractivity contribution in [3.8, 4) is 0 Å². The molecule has 0 unspecified atom stereocenters. The summed E-state index contributed by atoms with van der Waals surface area (Å²) in [6.45, 7) is 7.71. The number of sulfonamides is 1. The van der Waals surface area contributed by atoms with E-state index < -0.39 is 10.0 Å². The van der Waals surface area contributed by atoms with Crippen LogP contribution in [-0.4, -0.2) is 32.9 Å². The molecule has 0 aliphatic carbocycles. The van der Waals surface area contributed by atoms with Crippen LogP contribution in [0.1, 0.15) is 24.6 Å². The van der Waals surface area contributed by atoms with E-state index in [1.165, 1.54) is 15.6 Å². The minimum Gasteiger partial charge on any atom is -0.312 e. The van der Waals surface area contributed by atoms with Crippen molar-refractivity contribution in [2.45, 2.75) is 31.2 Å². The molecule has 114 valence electrons. The normalized spacial score (nSPS) is 12.0. The Morgan fingerprint density at radius 2 is 2.25 bits per heavy atom. The molecule has 0 aromatic carbocycles. The van der Waals surface area contributed by atoms with E-state index in [1.54, 1.807) is 19.2 Å². The molecule has 4 nitrogen and oxygen atoms in total. The van der Waals surface area contributed by atoms with Gasteiger partial charge in [-0.2, -0.15) is 0 Å². The largest absolute Gasteiger partial charge is 0.312 e. The number of unbranched alkanes of at least 4 members (excludes halogenated alkanes) is 1. The summed E-state index contributed by atoms with van der Waals surface area (Å²) in [5.41, 5.74) is 0. The lowest BCUT2D eigenvalue weighted by Crippen LogP contribution is -2.27. The van der Waals surface area contributed by atoms with E-state index in [-0.39, 0.29) is 0 Å². The van der Waals surface area contributed by atoms with Gasteiger partial charge in [-0.05, 0) is 41.4 Å². The van der Waals surface area contributed by atoms with Crippen molar-refractivity contribution in [2.24, 2.45) is 0 Å². The maximum absolute atomic E-state index is 12.5. The average molecular weight is 381 g/mol. The Balaban J connectivity index is 2.85. The number of allylic oxidation sites excluding steroid dienone is 1. The highest BCUT2D eigenvalue weighted by Gasteiger charge is 2.25. The van der Waals surface area contributed by atoms with E-state index in [0.29, 0.717) is 21.8 Å². The summed E-state index contributed by atoms with van der Waals surface area (Å²) >= 11 is 4.82. The van der Waals surface area contributed by atoms with E-state index in [2.05, 4.69) is 27.8 Å². The van der Waals surface area contributed by atoms with Gasteiger partial charge in [0.05, 0.1) is 3.79 Å². The third-order valence-electron chi connectivity index (χ3n) is 2.83. The molecule has 1 N–H and O–H groups in total. The monoisotopic (exact) mass is 380 g/mol. The second-order valence-electron chi connectivity index (χ2n) is 4.39. The maximum Gasteiger partial charge on any atom is 0.244 e. The Bertz CT molecular complexity index is 541. The fourth-order valence-corrected chi connectivity index (χ4v) is 5.46. The molecule has 1 heterocycles. The van der Waals surface area contributed by atoms with Crippen molar-refractivity contribution in [3.63, 3.8) is 0 Å². The van der Waals surface area contributed by atoms with Gasteiger partial charge in [0, 0.05) is 25.0 Å². The highest BCUT2D eigenvalue weighted by Crippen LogP contribution is 2.33. The van der Waals surface area contributed by atoms with Crippen LogP contribution in [0.15, 0.2) is 27.4 Å². The first-order valence-electron chi connectivity index (χ1n) is 6.49. The molecule has 1 aromatic heterocycles. The zero-order chi connectivity index (χ0) is 15.2. The topological polar surface area (TPSA) is 49.4 Å². The molecule has 0 saturated heterocycles. The van der Waals surface area contributed by atoms with Crippen LogP contribution in [0.5, 0.6) is 0 Å². The molecule has 20 heavy (non-hydrogen) atoms. The number of nitrogens with zero attached hydrogens (tertiary/aromatic N) is 1. The molecule has 0 radical (unpaired) electrons. The maximum atomic E-state index is 12.5. The number of hydrogen-bond donors (Lipinski definition) is 1. The summed E-state index contributed by atoms with van der Waals surface area (Å²) in [7, 11) is -1.80. The Kier molecular flexibility index (Phi) is 7.39. The number of rotatable bonds is 9. The zero-order valence-electron chi connectivity index (χ0n) is 11.9. The number of halogens is 1. The molecule has 0 bridgehead atoms. The molecule has 0 aliphatic heterocycles. The van der Waals surface area contributed by atoms with Crippen LogP contribution >= 0.6 is 27.3 Å². The molecule has 0 aliphatic rings. The van der Waals surface area contributed by atoms with Gasteiger partial charge < -0.3 is 5.32 Å². The summed E-state index contributed by atoms with van der Waals surface area (Å²) in [4.78, 5) is 1.37. The third-order valence-corrected chi connectivity index (χ3v) is 6.93. The molecule has 0 amide bonds. The van der Waals surface area contributed by atoms with Crippen molar-refractivity contribution in [2.75, 3.05) is 20.1 Å². The molecular formula is C13H21BrN2O2S2. The van der Waals surface area contributed by atoms with Crippen molar-refractivity contribution in [1.29, 1.82) is 0 Å². The highest BCUT2D eigenvalue weighted by atomic mass is 79.9. The zero-order valence-corrected chi connectivity index (χ0v) is 15.1. The first-order chi connectivity index (χ1) is 9.43. The predicted octanol–water partition coefficient (Wildman–Crippen LogP) is 3.21. The van der Waals surface area contributed by atoms with E-state index in [0.717, 1.165) is 24.3 Å². The molecule has 0 atom stereocenters. The number of thiophene rings is 1. The summed E-state index contributed by atoms with van der Waals surface area (Å²) in [5, 5.41) is 3.20. The van der Waals surface area contributed by atoms with E-state index in [9.17, 15) is 8.42 Å². The second kappa shape index (κ2) is 8.29. The van der Waals surface area contributed by atoms with Gasteiger partial charge in [-0.3, -0.25) is 0 Å². The van der Waals surface area contributed by atoms with Crippen LogP contribution < -0.4 is 5.32 Å². The standard InChI is InChI=1S/C13H21BrN2O2S2/c1-4-6-7-8-16(3)20(17,18)12-9-11(10-15-5-2)19-13(12)14/h4,9,15H,1,5-8,10H2,2-3H3. The van der Waals surface area contributed by atoms with Crippen LogP contribution in [0.3, 0.4) is 0 Å². The smallest absolute Gasteiger partial charge is 0.244 e. The SMILES string of the molecule is C=CCCCN(C)S(=O)(=O)c1cc(CNCC)sc1Br. The van der Waals surface area contributed by atoms with Crippen LogP contribution in [0.4, 0.5) is 0 Å². The van der Waals surface area contributed by atoms with Gasteiger partial charge in [-0.15, -0.1) is 17.9 Å². The van der Waals surface area contributed by atoms with Gasteiger partial charge >= 0.3 is 0 Å². The summed E-state index contributed by atoms with van der Waals surface area (Å²) in [5.74, 6) is 0. The minimum atomic E-state index is -3.42. The van der Waals surface area contributed by atoms with E-state index in [1.807, 2.05) is 6.92 Å². The first kappa shape index (κ1) is 17.8. The van der Waals surface area contributed by atoms with Crippen molar-refractivity contribution >= 4 is 37.3 Å². The van der Waals surface area contributed by atoms with Crippen LogP contribution in [-0.2, 0) is 16.6 Å². The van der Waals surface area contributed by atoms with Crippen molar-refractivity contribution in [1.82, 2.24) is 9.62 Å². The summed E-state index contributed by atoms with van der Waals surface area (Å²) < 4.78 is 27.1. The van der Waals surface area contributed by atoms with Gasteiger partial charge in [0.25, 0.3) is 0 Å². The fraction of sp³-hybridized carbons (Fsp3) is 0.538. The molecule has 0 saturated carbocycles. The molecule has 1 rings (SSSR count). The second-order valence-corrected chi connectivity index (χ2v) is 8.86. The molecule has 0 fully saturated rings. The lowest BCUT2D eigenvalue weighted by atomic mass is 10.3. The molecule has 1 aromatic rings. The van der Waals surface area contributed by atoms with Crippen LogP contribution in [0.2, 0.25) is 0 Å². The fourth-order valence-electron chi connectivity index (χ4n) is 1.66.